The molecule has 0 aromatic rings. The van der Waals surface area contributed by atoms with Gasteiger partial charge in [-0.25, -0.2) is 0 Å². The maximum absolute atomic E-state index is 11.1. The van der Waals surface area contributed by atoms with E-state index >= 15 is 0 Å². The normalized spacial score (nSPS) is 39.4. The summed E-state index contributed by atoms with van der Waals surface area (Å²) in [5.74, 6) is -0.876. The van der Waals surface area contributed by atoms with Crippen LogP contribution >= 0.6 is 0 Å². The van der Waals surface area contributed by atoms with E-state index in [1.165, 1.54) is 0 Å². The number of ether oxygens (including phenoxy) is 1. The Kier molecular flexibility index (Phi) is 3.70. The second-order valence-corrected chi connectivity index (χ2v) is 5.36. The molecule has 1 saturated carbocycles. The zero-order valence-electron chi connectivity index (χ0n) is 10.4. The fourth-order valence-electron chi connectivity index (χ4n) is 3.02. The summed E-state index contributed by atoms with van der Waals surface area (Å²) in [6, 6.07) is 0.443. The van der Waals surface area contributed by atoms with Gasteiger partial charge in [0.2, 0.25) is 0 Å². The molecule has 1 saturated heterocycles. The average Bonchev–Trinajstić information content (AvgIpc) is 2.74. The third kappa shape index (κ3) is 2.61. The van der Waals surface area contributed by atoms with Crippen LogP contribution in [0.5, 0.6) is 0 Å². The van der Waals surface area contributed by atoms with Crippen molar-refractivity contribution in [3.8, 4) is 0 Å². The third-order valence-electron chi connectivity index (χ3n) is 4.20. The summed E-state index contributed by atoms with van der Waals surface area (Å²) < 4.78 is 5.41. The van der Waals surface area contributed by atoms with E-state index in [9.17, 15) is 4.79 Å². The Balaban J connectivity index is 1.94. The minimum absolute atomic E-state index is 0.325. The van der Waals surface area contributed by atoms with Gasteiger partial charge in [-0.3, -0.25) is 9.69 Å². The van der Waals surface area contributed by atoms with E-state index in [4.69, 9.17) is 15.6 Å². The number of likely N-dealkylation sites (tertiary alicyclic amines) is 1. The van der Waals surface area contributed by atoms with Crippen molar-refractivity contribution in [1.29, 1.82) is 0 Å². The van der Waals surface area contributed by atoms with Crippen molar-refractivity contribution in [2.45, 2.75) is 49.8 Å². The van der Waals surface area contributed by atoms with Crippen molar-refractivity contribution in [3.05, 3.63) is 0 Å². The van der Waals surface area contributed by atoms with Crippen LogP contribution < -0.4 is 5.73 Å². The van der Waals surface area contributed by atoms with Gasteiger partial charge in [0.05, 0.1) is 6.10 Å². The lowest BCUT2D eigenvalue weighted by Gasteiger charge is -2.35. The van der Waals surface area contributed by atoms with Crippen LogP contribution in [0.4, 0.5) is 0 Å². The molecule has 5 nitrogen and oxygen atoms in total. The summed E-state index contributed by atoms with van der Waals surface area (Å²) in [5, 5.41) is 9.11. The summed E-state index contributed by atoms with van der Waals surface area (Å²) in [5.41, 5.74) is 4.85. The molecule has 5 heteroatoms. The molecule has 2 rings (SSSR count). The highest BCUT2D eigenvalue weighted by Crippen LogP contribution is 2.29. The van der Waals surface area contributed by atoms with E-state index in [1.807, 2.05) is 0 Å². The SMILES string of the molecule is COC1CCCC(N2CCC(N)(C(=O)O)C2)C1. The van der Waals surface area contributed by atoms with E-state index in [-0.39, 0.29) is 0 Å². The highest BCUT2D eigenvalue weighted by atomic mass is 16.5. The Morgan fingerprint density at radius 3 is 2.88 bits per heavy atom. The molecule has 3 atom stereocenters. The predicted octanol–water partition coefficient (Wildman–Crippen LogP) is 0.432. The van der Waals surface area contributed by atoms with E-state index < -0.39 is 11.5 Å². The first kappa shape index (κ1) is 12.8. The van der Waals surface area contributed by atoms with Gasteiger partial charge in [-0.15, -0.1) is 0 Å². The van der Waals surface area contributed by atoms with Gasteiger partial charge in [-0.2, -0.15) is 0 Å². The highest BCUT2D eigenvalue weighted by Gasteiger charge is 2.43. The van der Waals surface area contributed by atoms with Crippen LogP contribution in [0.25, 0.3) is 0 Å². The summed E-state index contributed by atoms with van der Waals surface area (Å²) >= 11 is 0. The van der Waals surface area contributed by atoms with Crippen molar-refractivity contribution >= 4 is 5.97 Å². The summed E-state index contributed by atoms with van der Waals surface area (Å²) in [7, 11) is 1.75. The average molecular weight is 242 g/mol. The highest BCUT2D eigenvalue weighted by molar-refractivity contribution is 5.79. The van der Waals surface area contributed by atoms with Crippen molar-refractivity contribution in [3.63, 3.8) is 0 Å². The first-order valence-corrected chi connectivity index (χ1v) is 6.34. The van der Waals surface area contributed by atoms with Crippen LogP contribution in [-0.4, -0.2) is 53.9 Å². The van der Waals surface area contributed by atoms with E-state index in [1.54, 1.807) is 7.11 Å². The number of nitrogens with zero attached hydrogens (tertiary/aromatic N) is 1. The molecule has 17 heavy (non-hydrogen) atoms. The molecule has 1 aliphatic heterocycles. The van der Waals surface area contributed by atoms with Gasteiger partial charge in [-0.1, -0.05) is 0 Å². The van der Waals surface area contributed by atoms with E-state index in [2.05, 4.69) is 4.90 Å². The molecule has 0 aromatic heterocycles. The monoisotopic (exact) mass is 242 g/mol. The molecule has 3 unspecified atom stereocenters. The molecule has 1 heterocycles. The van der Waals surface area contributed by atoms with Crippen molar-refractivity contribution in [2.75, 3.05) is 20.2 Å². The number of carboxylic acid groups (broad SMARTS) is 1. The fraction of sp³-hybridized carbons (Fsp3) is 0.917. The van der Waals surface area contributed by atoms with Gasteiger partial charge in [0.1, 0.15) is 5.54 Å². The largest absolute Gasteiger partial charge is 0.480 e. The zero-order valence-corrected chi connectivity index (χ0v) is 10.4. The maximum atomic E-state index is 11.1. The second-order valence-electron chi connectivity index (χ2n) is 5.36. The number of rotatable bonds is 3. The van der Waals surface area contributed by atoms with Crippen LogP contribution in [0, 0.1) is 0 Å². The van der Waals surface area contributed by atoms with Crippen LogP contribution in [0.15, 0.2) is 0 Å². The van der Waals surface area contributed by atoms with Crippen molar-refractivity contribution < 1.29 is 14.6 Å². The van der Waals surface area contributed by atoms with Gasteiger partial charge < -0.3 is 15.6 Å². The van der Waals surface area contributed by atoms with Gasteiger partial charge >= 0.3 is 5.97 Å². The molecule has 2 fully saturated rings. The van der Waals surface area contributed by atoms with Gasteiger partial charge in [0.15, 0.2) is 0 Å². The quantitative estimate of drug-likeness (QED) is 0.750. The maximum Gasteiger partial charge on any atom is 0.325 e. The lowest BCUT2D eigenvalue weighted by Crippen LogP contribution is -2.51. The van der Waals surface area contributed by atoms with Crippen LogP contribution in [-0.2, 0) is 9.53 Å². The van der Waals surface area contributed by atoms with E-state index in [0.29, 0.717) is 25.1 Å². The summed E-state index contributed by atoms with van der Waals surface area (Å²) in [4.78, 5) is 13.3. The molecule has 2 aliphatic rings. The number of aliphatic carboxylic acids is 1. The number of hydrogen-bond acceptors (Lipinski definition) is 4. The minimum Gasteiger partial charge on any atom is -0.480 e. The number of nitrogens with two attached hydrogens (primary N) is 1. The smallest absolute Gasteiger partial charge is 0.325 e. The Hall–Kier alpha value is -0.650. The minimum atomic E-state index is -1.04. The molecule has 0 bridgehead atoms. The lowest BCUT2D eigenvalue weighted by atomic mass is 9.91. The lowest BCUT2D eigenvalue weighted by molar-refractivity contribution is -0.142. The first-order chi connectivity index (χ1) is 8.05. The summed E-state index contributed by atoms with van der Waals surface area (Å²) in [6.45, 7) is 1.27. The number of methoxy groups -OCH3 is 1. The second kappa shape index (κ2) is 4.92. The summed E-state index contributed by atoms with van der Waals surface area (Å²) in [6.07, 6.45) is 5.29. The molecular weight excluding hydrogens is 220 g/mol. The molecule has 0 radical (unpaired) electrons. The van der Waals surface area contributed by atoms with Gasteiger partial charge in [0.25, 0.3) is 0 Å². The van der Waals surface area contributed by atoms with E-state index in [0.717, 1.165) is 32.2 Å². The fourth-order valence-corrected chi connectivity index (χ4v) is 3.02. The number of carbonyl (C=O) groups is 1. The van der Waals surface area contributed by atoms with Crippen LogP contribution in [0.2, 0.25) is 0 Å². The molecule has 98 valence electrons. The Bertz CT molecular complexity index is 297. The predicted molar refractivity (Wildman–Crippen MR) is 63.8 cm³/mol. The Labute approximate surface area is 102 Å². The molecule has 1 aliphatic carbocycles. The number of carboxylic acids is 1. The molecular formula is C12H22N2O3. The number of hydrogen-bond donors (Lipinski definition) is 2. The van der Waals surface area contributed by atoms with Crippen LogP contribution in [0.3, 0.4) is 0 Å². The molecule has 0 spiro atoms. The molecule has 3 N–H and O–H groups in total. The standard InChI is InChI=1S/C12H22N2O3/c1-17-10-4-2-3-9(7-10)14-6-5-12(13,8-14)11(15)16/h9-10H,2-8,13H2,1H3,(H,15,16). The Morgan fingerprint density at radius 2 is 2.29 bits per heavy atom. The van der Waals surface area contributed by atoms with Crippen LogP contribution in [0.1, 0.15) is 32.1 Å². The topological polar surface area (TPSA) is 75.8 Å². The molecule has 0 aromatic carbocycles. The zero-order chi connectivity index (χ0) is 12.5. The third-order valence-corrected chi connectivity index (χ3v) is 4.20. The van der Waals surface area contributed by atoms with Crippen molar-refractivity contribution in [1.82, 2.24) is 4.90 Å². The Morgan fingerprint density at radius 1 is 1.53 bits per heavy atom. The first-order valence-electron chi connectivity index (χ1n) is 6.34. The van der Waals surface area contributed by atoms with Crippen molar-refractivity contribution in [2.24, 2.45) is 5.73 Å². The van der Waals surface area contributed by atoms with Gasteiger partial charge in [0, 0.05) is 26.2 Å². The molecule has 0 amide bonds. The van der Waals surface area contributed by atoms with Gasteiger partial charge in [-0.05, 0) is 32.1 Å².